The van der Waals surface area contributed by atoms with Gasteiger partial charge in [0.15, 0.2) is 0 Å². The summed E-state index contributed by atoms with van der Waals surface area (Å²) in [5.41, 5.74) is 1.94. The molecular weight excluding hydrogens is 346 g/mol. The molecule has 26 heavy (non-hydrogen) atoms. The zero-order valence-electron chi connectivity index (χ0n) is 14.6. The Labute approximate surface area is 158 Å². The van der Waals surface area contributed by atoms with E-state index in [2.05, 4.69) is 11.4 Å². The fourth-order valence-corrected chi connectivity index (χ4v) is 4.53. The van der Waals surface area contributed by atoms with E-state index in [4.69, 9.17) is 9.47 Å². The molecule has 1 saturated heterocycles. The molecule has 136 valence electrons. The Morgan fingerprint density at radius 3 is 2.81 bits per heavy atom. The van der Waals surface area contributed by atoms with E-state index < -0.39 is 0 Å². The molecule has 2 aromatic carbocycles. The van der Waals surface area contributed by atoms with Gasteiger partial charge in [0, 0.05) is 23.7 Å². The number of nitrogens with one attached hydrogen (secondary N) is 1. The van der Waals surface area contributed by atoms with Crippen molar-refractivity contribution in [1.29, 1.82) is 0 Å². The Bertz CT molecular complexity index is 748. The number of benzene rings is 2. The fraction of sp³-hybridized carbons (Fsp3) is 0.381. The molecule has 2 aliphatic rings. The summed E-state index contributed by atoms with van der Waals surface area (Å²) in [6, 6.07) is 15.8. The van der Waals surface area contributed by atoms with Gasteiger partial charge in [-0.1, -0.05) is 30.3 Å². The lowest BCUT2D eigenvalue weighted by Crippen LogP contribution is -2.34. The molecule has 2 aliphatic heterocycles. The summed E-state index contributed by atoms with van der Waals surface area (Å²) in [5.74, 6) is 1.78. The highest BCUT2D eigenvalue weighted by molar-refractivity contribution is 7.99. The molecule has 4 nitrogen and oxygen atoms in total. The molecule has 2 heterocycles. The quantitative estimate of drug-likeness (QED) is 0.789. The summed E-state index contributed by atoms with van der Waals surface area (Å²) < 4.78 is 11.6. The highest BCUT2D eigenvalue weighted by Crippen LogP contribution is 2.29. The Hall–Kier alpha value is -1.98. The predicted octanol–water partition coefficient (Wildman–Crippen LogP) is 3.69. The number of para-hydroxylation sites is 1. The van der Waals surface area contributed by atoms with Crippen LogP contribution in [0.25, 0.3) is 0 Å². The minimum Gasteiger partial charge on any atom is -0.488 e. The third-order valence-corrected chi connectivity index (χ3v) is 5.99. The summed E-state index contributed by atoms with van der Waals surface area (Å²) in [6.07, 6.45) is 3.40. The number of hydrogen-bond acceptors (Lipinski definition) is 4. The number of thioether (sulfide) groups is 1. The van der Waals surface area contributed by atoms with Gasteiger partial charge >= 0.3 is 0 Å². The Morgan fingerprint density at radius 1 is 1.12 bits per heavy atom. The second kappa shape index (κ2) is 8.14. The number of carbonyl (C=O) groups excluding carboxylic acids is 1. The summed E-state index contributed by atoms with van der Waals surface area (Å²) in [5, 5.41) is 3.04. The third kappa shape index (κ3) is 4.05. The molecule has 0 bridgehead atoms. The average molecular weight is 369 g/mol. The summed E-state index contributed by atoms with van der Waals surface area (Å²) in [4.78, 5) is 13.7. The standard InChI is InChI=1S/C21H23NO3S/c23-21(22-13-17-12-15-6-1-3-9-19(15)25-17)18-8-2-4-10-20(18)26-14-16-7-5-11-24-16/h1-4,6,8-10,16-17H,5,7,11-14H2,(H,22,23). The molecule has 2 aromatic rings. The average Bonchev–Trinajstić information content (AvgIpc) is 3.33. The van der Waals surface area contributed by atoms with Gasteiger partial charge in [-0.2, -0.15) is 0 Å². The number of amides is 1. The maximum Gasteiger partial charge on any atom is 0.252 e. The fourth-order valence-electron chi connectivity index (χ4n) is 3.41. The minimum atomic E-state index is -0.0417. The topological polar surface area (TPSA) is 47.6 Å². The van der Waals surface area contributed by atoms with Crippen LogP contribution in [0.4, 0.5) is 0 Å². The molecule has 5 heteroatoms. The summed E-state index contributed by atoms with van der Waals surface area (Å²) >= 11 is 1.70. The van der Waals surface area contributed by atoms with Crippen molar-refractivity contribution in [2.45, 2.75) is 36.4 Å². The van der Waals surface area contributed by atoms with Crippen LogP contribution < -0.4 is 10.1 Å². The lowest BCUT2D eigenvalue weighted by atomic mass is 10.1. The van der Waals surface area contributed by atoms with Gasteiger partial charge in [0.05, 0.1) is 18.2 Å². The predicted molar refractivity (Wildman–Crippen MR) is 103 cm³/mol. The first-order valence-electron chi connectivity index (χ1n) is 9.16. The second-order valence-electron chi connectivity index (χ2n) is 6.70. The van der Waals surface area contributed by atoms with E-state index in [1.165, 1.54) is 5.56 Å². The van der Waals surface area contributed by atoms with Gasteiger partial charge in [-0.25, -0.2) is 0 Å². The molecule has 2 atom stereocenters. The van der Waals surface area contributed by atoms with Crippen molar-refractivity contribution in [3.63, 3.8) is 0 Å². The van der Waals surface area contributed by atoms with Crippen molar-refractivity contribution >= 4 is 17.7 Å². The molecular formula is C21H23NO3S. The lowest BCUT2D eigenvalue weighted by Gasteiger charge is -2.14. The van der Waals surface area contributed by atoms with Crippen molar-refractivity contribution in [3.8, 4) is 5.75 Å². The first-order valence-corrected chi connectivity index (χ1v) is 10.1. The van der Waals surface area contributed by atoms with Gasteiger partial charge in [0.1, 0.15) is 11.9 Å². The largest absolute Gasteiger partial charge is 0.488 e. The first kappa shape index (κ1) is 17.4. The second-order valence-corrected chi connectivity index (χ2v) is 7.77. The van der Waals surface area contributed by atoms with Crippen LogP contribution in [0.2, 0.25) is 0 Å². The highest BCUT2D eigenvalue weighted by atomic mass is 32.2. The number of ether oxygens (including phenoxy) is 2. The maximum absolute atomic E-state index is 12.7. The molecule has 2 unspecified atom stereocenters. The monoisotopic (exact) mass is 369 g/mol. The Morgan fingerprint density at radius 2 is 1.96 bits per heavy atom. The van der Waals surface area contributed by atoms with E-state index in [-0.39, 0.29) is 12.0 Å². The van der Waals surface area contributed by atoms with Gasteiger partial charge in [-0.05, 0) is 36.6 Å². The third-order valence-electron chi connectivity index (χ3n) is 4.78. The van der Waals surface area contributed by atoms with Crippen LogP contribution in [0.5, 0.6) is 5.75 Å². The lowest BCUT2D eigenvalue weighted by molar-refractivity contribution is 0.0930. The van der Waals surface area contributed by atoms with Crippen molar-refractivity contribution in [1.82, 2.24) is 5.32 Å². The normalized spacial score (nSPS) is 21.2. The van der Waals surface area contributed by atoms with Gasteiger partial charge in [-0.3, -0.25) is 4.79 Å². The molecule has 0 aliphatic carbocycles. The number of fused-ring (bicyclic) bond motifs is 1. The minimum absolute atomic E-state index is 0.00283. The van der Waals surface area contributed by atoms with Gasteiger partial charge in [0.2, 0.25) is 0 Å². The highest BCUT2D eigenvalue weighted by Gasteiger charge is 2.23. The molecule has 0 saturated carbocycles. The molecule has 0 spiro atoms. The van der Waals surface area contributed by atoms with Crippen molar-refractivity contribution in [2.75, 3.05) is 18.9 Å². The van der Waals surface area contributed by atoms with Crippen molar-refractivity contribution in [3.05, 3.63) is 59.7 Å². The van der Waals surface area contributed by atoms with Gasteiger partial charge < -0.3 is 14.8 Å². The molecule has 0 radical (unpaired) electrons. The Kier molecular flexibility index (Phi) is 5.46. The van der Waals surface area contributed by atoms with E-state index >= 15 is 0 Å². The van der Waals surface area contributed by atoms with Crippen LogP contribution in [0.1, 0.15) is 28.8 Å². The van der Waals surface area contributed by atoms with Crippen LogP contribution in [0.3, 0.4) is 0 Å². The van der Waals surface area contributed by atoms with E-state index in [1.807, 2.05) is 42.5 Å². The van der Waals surface area contributed by atoms with Crippen LogP contribution in [0, 0.1) is 0 Å². The van der Waals surface area contributed by atoms with Crippen LogP contribution in [0.15, 0.2) is 53.4 Å². The van der Waals surface area contributed by atoms with Crippen LogP contribution >= 0.6 is 11.8 Å². The van der Waals surface area contributed by atoms with E-state index in [1.54, 1.807) is 11.8 Å². The molecule has 4 rings (SSSR count). The molecule has 0 aromatic heterocycles. The summed E-state index contributed by atoms with van der Waals surface area (Å²) in [7, 11) is 0. The number of carbonyl (C=O) groups is 1. The Balaban J connectivity index is 1.33. The van der Waals surface area contributed by atoms with E-state index in [0.29, 0.717) is 12.6 Å². The number of rotatable bonds is 6. The maximum atomic E-state index is 12.7. The van der Waals surface area contributed by atoms with Crippen molar-refractivity contribution in [2.24, 2.45) is 0 Å². The first-order chi connectivity index (χ1) is 12.8. The van der Waals surface area contributed by atoms with Gasteiger partial charge in [0.25, 0.3) is 5.91 Å². The summed E-state index contributed by atoms with van der Waals surface area (Å²) in [6.45, 7) is 1.37. The van der Waals surface area contributed by atoms with E-state index in [0.717, 1.165) is 47.8 Å². The zero-order chi connectivity index (χ0) is 17.8. The van der Waals surface area contributed by atoms with Crippen LogP contribution in [-0.2, 0) is 11.2 Å². The zero-order valence-corrected chi connectivity index (χ0v) is 15.5. The smallest absolute Gasteiger partial charge is 0.252 e. The SMILES string of the molecule is O=C(NCC1Cc2ccccc2O1)c1ccccc1SCC1CCCO1. The van der Waals surface area contributed by atoms with E-state index in [9.17, 15) is 4.79 Å². The van der Waals surface area contributed by atoms with Gasteiger partial charge in [-0.15, -0.1) is 11.8 Å². The molecule has 1 amide bonds. The number of hydrogen-bond donors (Lipinski definition) is 1. The molecule has 1 fully saturated rings. The molecule has 1 N–H and O–H groups in total. The van der Waals surface area contributed by atoms with Crippen molar-refractivity contribution < 1.29 is 14.3 Å². The van der Waals surface area contributed by atoms with Crippen LogP contribution in [-0.4, -0.2) is 37.0 Å².